The number of nitrogens with zero attached hydrogens (tertiary/aromatic N) is 3. The number of para-hydroxylation sites is 1. The van der Waals surface area contributed by atoms with Crippen LogP contribution in [0.5, 0.6) is 0 Å². The van der Waals surface area contributed by atoms with Gasteiger partial charge in [0.2, 0.25) is 0 Å². The van der Waals surface area contributed by atoms with E-state index in [2.05, 4.69) is 138 Å². The van der Waals surface area contributed by atoms with Gasteiger partial charge in [-0.15, -0.1) is 0 Å². The Balaban J connectivity index is 1.41. The second kappa shape index (κ2) is 10.2. The van der Waals surface area contributed by atoms with Gasteiger partial charge in [-0.1, -0.05) is 147 Å². The van der Waals surface area contributed by atoms with Crippen LogP contribution in [0.4, 0.5) is 0 Å². The van der Waals surface area contributed by atoms with Gasteiger partial charge in [0.05, 0.1) is 16.7 Å². The van der Waals surface area contributed by atoms with E-state index in [9.17, 15) is 0 Å². The number of rotatable bonds is 3. The molecular weight excluding hydrogens is 571 g/mol. The molecule has 2 aromatic heterocycles. The molecule has 47 heavy (non-hydrogen) atoms. The smallest absolute Gasteiger partial charge is 0.162 e. The topological polar surface area (TPSA) is 30.7 Å². The quantitative estimate of drug-likeness (QED) is 0.201. The van der Waals surface area contributed by atoms with E-state index in [0.29, 0.717) is 0 Å². The molecule has 0 atom stereocenters. The largest absolute Gasteiger partial charge is 0.293 e. The molecule has 1 spiro atoms. The first kappa shape index (κ1) is 26.7. The van der Waals surface area contributed by atoms with Gasteiger partial charge in [-0.25, -0.2) is 9.97 Å². The molecule has 224 valence electrons. The zero-order valence-electron chi connectivity index (χ0n) is 26.2. The molecule has 1 fully saturated rings. The highest BCUT2D eigenvalue weighted by atomic mass is 15.1. The van der Waals surface area contributed by atoms with Crippen LogP contribution >= 0.6 is 0 Å². The van der Waals surface area contributed by atoms with Crippen molar-refractivity contribution in [2.75, 3.05) is 0 Å². The maximum atomic E-state index is 5.41. The highest BCUT2D eigenvalue weighted by Crippen LogP contribution is 2.60. The molecule has 0 amide bonds. The van der Waals surface area contributed by atoms with Crippen LogP contribution in [-0.2, 0) is 5.41 Å². The van der Waals surface area contributed by atoms with E-state index in [1.807, 2.05) is 6.07 Å². The highest BCUT2D eigenvalue weighted by molar-refractivity contribution is 6.27. The van der Waals surface area contributed by atoms with Crippen molar-refractivity contribution in [2.45, 2.75) is 37.5 Å². The summed E-state index contributed by atoms with van der Waals surface area (Å²) in [5.74, 6) is 1.64. The van der Waals surface area contributed by atoms with E-state index in [4.69, 9.17) is 9.97 Å². The summed E-state index contributed by atoms with van der Waals surface area (Å²) in [6.45, 7) is 0. The molecule has 3 nitrogen and oxygen atoms in total. The molecule has 2 aliphatic carbocycles. The van der Waals surface area contributed by atoms with Crippen LogP contribution in [0.15, 0.2) is 140 Å². The Hall–Kier alpha value is -5.54. The van der Waals surface area contributed by atoms with Gasteiger partial charge in [0.15, 0.2) is 5.82 Å². The molecule has 2 aliphatic rings. The van der Waals surface area contributed by atoms with Gasteiger partial charge in [-0.2, -0.15) is 0 Å². The Morgan fingerprint density at radius 1 is 0.553 bits per heavy atom. The van der Waals surface area contributed by atoms with Crippen LogP contribution in [0.2, 0.25) is 0 Å². The van der Waals surface area contributed by atoms with E-state index in [-0.39, 0.29) is 5.41 Å². The molecule has 0 aliphatic heterocycles. The Morgan fingerprint density at radius 2 is 1.19 bits per heavy atom. The van der Waals surface area contributed by atoms with Crippen LogP contribution in [0.25, 0.3) is 72.2 Å². The fourth-order valence-corrected chi connectivity index (χ4v) is 8.85. The molecule has 0 N–H and O–H groups in total. The van der Waals surface area contributed by atoms with Crippen molar-refractivity contribution in [3.8, 4) is 39.6 Å². The summed E-state index contributed by atoms with van der Waals surface area (Å²) in [5, 5.41) is 5.25. The molecule has 8 aromatic rings. The van der Waals surface area contributed by atoms with E-state index in [1.54, 1.807) is 0 Å². The number of hydrogen-bond donors (Lipinski definition) is 0. The van der Waals surface area contributed by atoms with Gasteiger partial charge in [0.25, 0.3) is 0 Å². The van der Waals surface area contributed by atoms with E-state index < -0.39 is 0 Å². The molecule has 0 bridgehead atoms. The SMILES string of the molecule is c1ccc(-c2cc(-n3c4ccccc4c4c5ccccc5c5c(c43)C3(CCCCC3)c3ccccc3-5)nc(-c3ccccc3)n2)cc1. The van der Waals surface area contributed by atoms with Crippen molar-refractivity contribution >= 4 is 32.6 Å². The first-order valence-corrected chi connectivity index (χ1v) is 16.9. The Bertz CT molecular complexity index is 2430. The molecular formula is C44H33N3. The van der Waals surface area contributed by atoms with Gasteiger partial charge in [-0.3, -0.25) is 4.57 Å². The lowest BCUT2D eigenvalue weighted by Crippen LogP contribution is -2.28. The van der Waals surface area contributed by atoms with Crippen LogP contribution < -0.4 is 0 Å². The van der Waals surface area contributed by atoms with Crippen molar-refractivity contribution in [2.24, 2.45) is 0 Å². The summed E-state index contributed by atoms with van der Waals surface area (Å²) >= 11 is 0. The fourth-order valence-electron chi connectivity index (χ4n) is 8.85. The third kappa shape index (κ3) is 3.80. The predicted octanol–water partition coefficient (Wildman–Crippen LogP) is 11.3. The van der Waals surface area contributed by atoms with Crippen LogP contribution in [0.1, 0.15) is 43.2 Å². The lowest BCUT2D eigenvalue weighted by atomic mass is 9.67. The first-order chi connectivity index (χ1) is 23.3. The maximum Gasteiger partial charge on any atom is 0.162 e. The third-order valence-corrected chi connectivity index (χ3v) is 10.8. The highest BCUT2D eigenvalue weighted by Gasteiger charge is 2.46. The Labute approximate surface area is 274 Å². The zero-order chi connectivity index (χ0) is 31.0. The second-order valence-electron chi connectivity index (χ2n) is 13.2. The molecule has 2 heterocycles. The monoisotopic (exact) mass is 603 g/mol. The van der Waals surface area contributed by atoms with E-state index in [0.717, 1.165) is 28.5 Å². The summed E-state index contributed by atoms with van der Waals surface area (Å²) in [5.41, 5.74) is 11.3. The lowest BCUT2D eigenvalue weighted by Gasteiger charge is -2.36. The summed E-state index contributed by atoms with van der Waals surface area (Å²) in [6.07, 6.45) is 6.12. The predicted molar refractivity (Wildman–Crippen MR) is 194 cm³/mol. The Kier molecular flexibility index (Phi) is 5.80. The summed E-state index contributed by atoms with van der Waals surface area (Å²) in [7, 11) is 0. The number of hydrogen-bond acceptors (Lipinski definition) is 2. The molecule has 0 unspecified atom stereocenters. The molecule has 0 saturated heterocycles. The van der Waals surface area contributed by atoms with Crippen molar-refractivity contribution in [3.63, 3.8) is 0 Å². The number of fused-ring (bicyclic) bond motifs is 12. The van der Waals surface area contributed by atoms with Crippen LogP contribution in [0, 0.1) is 0 Å². The van der Waals surface area contributed by atoms with Gasteiger partial charge in [0, 0.05) is 33.4 Å². The molecule has 3 heteroatoms. The first-order valence-electron chi connectivity index (χ1n) is 16.9. The summed E-state index contributed by atoms with van der Waals surface area (Å²) in [4.78, 5) is 10.6. The normalized spacial score (nSPS) is 15.0. The Morgan fingerprint density at radius 3 is 1.98 bits per heavy atom. The van der Waals surface area contributed by atoms with Gasteiger partial charge in [-0.05, 0) is 51.9 Å². The molecule has 6 aromatic carbocycles. The minimum Gasteiger partial charge on any atom is -0.293 e. The van der Waals surface area contributed by atoms with Gasteiger partial charge in [0.1, 0.15) is 5.82 Å². The third-order valence-electron chi connectivity index (χ3n) is 10.8. The van der Waals surface area contributed by atoms with Crippen molar-refractivity contribution in [1.82, 2.24) is 14.5 Å². The standard InChI is InChI=1S/C44H33N3/c1-4-16-29(17-5-1)36-28-38(46-43(45-36)30-18-6-2-7-19-30)47-37-25-13-11-23-34(37)40-32-21-9-8-20-31(32)39-33-22-10-12-24-35(33)44(41(39)42(40)47)26-14-3-15-27-44/h1-2,4-13,16-25,28H,3,14-15,26-27H2. The average Bonchev–Trinajstić information content (AvgIpc) is 3.63. The molecule has 0 radical (unpaired) electrons. The van der Waals surface area contributed by atoms with Crippen molar-refractivity contribution in [1.29, 1.82) is 0 Å². The van der Waals surface area contributed by atoms with E-state index in [1.165, 1.54) is 86.9 Å². The molecule has 10 rings (SSSR count). The van der Waals surface area contributed by atoms with Crippen LogP contribution in [0.3, 0.4) is 0 Å². The van der Waals surface area contributed by atoms with Crippen molar-refractivity contribution in [3.05, 3.63) is 151 Å². The van der Waals surface area contributed by atoms with Crippen molar-refractivity contribution < 1.29 is 0 Å². The van der Waals surface area contributed by atoms with E-state index >= 15 is 0 Å². The maximum absolute atomic E-state index is 5.41. The minimum absolute atomic E-state index is 0.0316. The summed E-state index contributed by atoms with van der Waals surface area (Å²) < 4.78 is 2.48. The second-order valence-corrected chi connectivity index (χ2v) is 13.2. The number of aromatic nitrogens is 3. The fraction of sp³-hybridized carbons (Fsp3) is 0.136. The van der Waals surface area contributed by atoms with Crippen LogP contribution in [-0.4, -0.2) is 14.5 Å². The summed E-state index contributed by atoms with van der Waals surface area (Å²) in [6, 6.07) is 50.4. The minimum atomic E-state index is -0.0316. The van der Waals surface area contributed by atoms with Gasteiger partial charge < -0.3 is 0 Å². The lowest BCUT2D eigenvalue weighted by molar-refractivity contribution is 0.354. The average molecular weight is 604 g/mol. The van der Waals surface area contributed by atoms with Gasteiger partial charge >= 0.3 is 0 Å². The molecule has 1 saturated carbocycles. The zero-order valence-corrected chi connectivity index (χ0v) is 26.2. The number of benzene rings is 6.